The van der Waals surface area contributed by atoms with Gasteiger partial charge in [0.1, 0.15) is 11.8 Å². The lowest BCUT2D eigenvalue weighted by atomic mass is 10.1. The number of rotatable bonds is 3. The third kappa shape index (κ3) is 2.32. The van der Waals surface area contributed by atoms with Gasteiger partial charge >= 0.3 is 0 Å². The summed E-state index contributed by atoms with van der Waals surface area (Å²) >= 11 is 6.13. The molecule has 0 spiro atoms. The summed E-state index contributed by atoms with van der Waals surface area (Å²) in [6.07, 6.45) is 2.43. The molecule has 0 amide bonds. The van der Waals surface area contributed by atoms with Gasteiger partial charge in [0.2, 0.25) is 0 Å². The fraction of sp³-hybridized carbons (Fsp3) is 0.231. The van der Waals surface area contributed by atoms with Crippen molar-refractivity contribution in [3.05, 3.63) is 35.0 Å². The van der Waals surface area contributed by atoms with Gasteiger partial charge in [-0.1, -0.05) is 18.5 Å². The Morgan fingerprint density at radius 2 is 2.29 bits per heavy atom. The highest BCUT2D eigenvalue weighted by Gasteiger charge is 2.07. The van der Waals surface area contributed by atoms with Crippen molar-refractivity contribution in [1.82, 2.24) is 4.98 Å². The molecule has 0 bridgehead atoms. The molecule has 0 N–H and O–H groups in total. The number of benzene rings is 1. The Morgan fingerprint density at radius 1 is 1.47 bits per heavy atom. The Labute approximate surface area is 105 Å². The molecule has 0 saturated heterocycles. The Morgan fingerprint density at radius 3 is 3.00 bits per heavy atom. The molecule has 17 heavy (non-hydrogen) atoms. The lowest BCUT2D eigenvalue weighted by molar-refractivity contribution is 0.318. The van der Waals surface area contributed by atoms with E-state index >= 15 is 0 Å². The third-order valence-corrected chi connectivity index (χ3v) is 2.77. The van der Waals surface area contributed by atoms with E-state index in [4.69, 9.17) is 21.6 Å². The fourth-order valence-corrected chi connectivity index (χ4v) is 1.77. The molecular formula is C13H11ClN2O. The smallest absolute Gasteiger partial charge is 0.120 e. The third-order valence-electron chi connectivity index (χ3n) is 2.37. The van der Waals surface area contributed by atoms with Crippen molar-refractivity contribution >= 4 is 22.5 Å². The predicted molar refractivity (Wildman–Crippen MR) is 67.3 cm³/mol. The Hall–Kier alpha value is -1.79. The first-order valence-electron chi connectivity index (χ1n) is 5.37. The Bertz CT molecular complexity index is 590. The van der Waals surface area contributed by atoms with Crippen molar-refractivity contribution in [3.8, 4) is 11.8 Å². The van der Waals surface area contributed by atoms with Crippen LogP contribution in [-0.4, -0.2) is 11.6 Å². The van der Waals surface area contributed by atoms with E-state index in [0.29, 0.717) is 17.2 Å². The number of halogens is 1. The zero-order chi connectivity index (χ0) is 12.3. The number of aromatic nitrogens is 1. The van der Waals surface area contributed by atoms with Gasteiger partial charge in [-0.05, 0) is 24.6 Å². The zero-order valence-corrected chi connectivity index (χ0v) is 10.2. The lowest BCUT2D eigenvalue weighted by Crippen LogP contribution is -1.95. The minimum Gasteiger partial charge on any atom is -0.494 e. The van der Waals surface area contributed by atoms with Crippen LogP contribution in [-0.2, 0) is 0 Å². The molecule has 0 aliphatic carbocycles. The van der Waals surface area contributed by atoms with Crippen LogP contribution >= 0.6 is 11.6 Å². The molecule has 3 nitrogen and oxygen atoms in total. The minimum atomic E-state index is 0.381. The average molecular weight is 247 g/mol. The molecule has 1 aromatic heterocycles. The van der Waals surface area contributed by atoms with Crippen LogP contribution in [0.5, 0.6) is 5.75 Å². The van der Waals surface area contributed by atoms with E-state index in [1.807, 2.05) is 31.2 Å². The van der Waals surface area contributed by atoms with Crippen LogP contribution in [0.4, 0.5) is 0 Å². The largest absolute Gasteiger partial charge is 0.494 e. The van der Waals surface area contributed by atoms with E-state index in [2.05, 4.69) is 4.98 Å². The number of fused-ring (bicyclic) bond motifs is 1. The first-order valence-corrected chi connectivity index (χ1v) is 5.75. The van der Waals surface area contributed by atoms with Crippen LogP contribution < -0.4 is 4.74 Å². The van der Waals surface area contributed by atoms with E-state index in [9.17, 15) is 0 Å². The summed E-state index contributed by atoms with van der Waals surface area (Å²) in [6, 6.07) is 7.53. The van der Waals surface area contributed by atoms with Crippen LogP contribution in [0.15, 0.2) is 24.4 Å². The van der Waals surface area contributed by atoms with Crippen LogP contribution in [0.3, 0.4) is 0 Å². The van der Waals surface area contributed by atoms with E-state index in [1.165, 1.54) is 6.20 Å². The topological polar surface area (TPSA) is 45.9 Å². The lowest BCUT2D eigenvalue weighted by Gasteiger charge is -2.07. The molecule has 1 aromatic carbocycles. The molecule has 0 radical (unpaired) electrons. The van der Waals surface area contributed by atoms with Gasteiger partial charge in [0.05, 0.1) is 22.7 Å². The summed E-state index contributed by atoms with van der Waals surface area (Å²) in [4.78, 5) is 4.17. The molecule has 86 valence electrons. The molecule has 2 rings (SSSR count). The summed E-state index contributed by atoms with van der Waals surface area (Å²) in [6.45, 7) is 2.71. The molecule has 4 heteroatoms. The molecule has 0 aliphatic rings. The molecule has 0 fully saturated rings. The Kier molecular flexibility index (Phi) is 3.46. The maximum absolute atomic E-state index is 8.88. The second kappa shape index (κ2) is 5.03. The van der Waals surface area contributed by atoms with Crippen LogP contribution in [0.1, 0.15) is 18.9 Å². The predicted octanol–water partition coefficient (Wildman–Crippen LogP) is 3.55. The summed E-state index contributed by atoms with van der Waals surface area (Å²) in [5.41, 5.74) is 1.14. The quantitative estimate of drug-likeness (QED) is 0.832. The number of hydrogen-bond donors (Lipinski definition) is 0. The van der Waals surface area contributed by atoms with Crippen LogP contribution in [0.25, 0.3) is 10.9 Å². The van der Waals surface area contributed by atoms with Crippen molar-refractivity contribution in [2.45, 2.75) is 13.3 Å². The van der Waals surface area contributed by atoms with Crippen molar-refractivity contribution in [1.29, 1.82) is 5.26 Å². The molecule has 0 unspecified atom stereocenters. The van der Waals surface area contributed by atoms with Gasteiger partial charge in [0.15, 0.2) is 0 Å². The van der Waals surface area contributed by atoms with Gasteiger partial charge in [-0.25, -0.2) is 0 Å². The molecule has 1 heterocycles. The van der Waals surface area contributed by atoms with E-state index in [-0.39, 0.29) is 0 Å². The summed E-state index contributed by atoms with van der Waals surface area (Å²) in [5, 5.41) is 10.1. The highest BCUT2D eigenvalue weighted by atomic mass is 35.5. The van der Waals surface area contributed by atoms with Crippen LogP contribution in [0.2, 0.25) is 5.02 Å². The van der Waals surface area contributed by atoms with Crippen molar-refractivity contribution in [3.63, 3.8) is 0 Å². The van der Waals surface area contributed by atoms with E-state index < -0.39 is 0 Å². The highest BCUT2D eigenvalue weighted by Crippen LogP contribution is 2.28. The first-order chi connectivity index (χ1) is 8.26. The summed E-state index contributed by atoms with van der Waals surface area (Å²) < 4.78 is 5.52. The van der Waals surface area contributed by atoms with Gasteiger partial charge < -0.3 is 4.74 Å². The zero-order valence-electron chi connectivity index (χ0n) is 9.40. The summed E-state index contributed by atoms with van der Waals surface area (Å²) in [5.74, 6) is 0.748. The maximum Gasteiger partial charge on any atom is 0.120 e. The number of ether oxygens (including phenoxy) is 1. The second-order valence-corrected chi connectivity index (χ2v) is 4.00. The maximum atomic E-state index is 8.88. The van der Waals surface area contributed by atoms with Crippen molar-refractivity contribution in [2.75, 3.05) is 6.61 Å². The minimum absolute atomic E-state index is 0.381. The normalized spacial score (nSPS) is 10.2. The second-order valence-electron chi connectivity index (χ2n) is 3.63. The number of nitrogens with zero attached hydrogens (tertiary/aromatic N) is 2. The fourth-order valence-electron chi connectivity index (χ4n) is 1.53. The van der Waals surface area contributed by atoms with Gasteiger partial charge in [-0.3, -0.25) is 4.98 Å². The molecule has 0 atom stereocenters. The van der Waals surface area contributed by atoms with Gasteiger partial charge in [0, 0.05) is 11.6 Å². The van der Waals surface area contributed by atoms with E-state index in [0.717, 1.165) is 23.1 Å². The number of pyridine rings is 1. The first kappa shape index (κ1) is 11.7. The molecule has 0 saturated carbocycles. The average Bonchev–Trinajstić information content (AvgIpc) is 2.37. The van der Waals surface area contributed by atoms with Gasteiger partial charge in [-0.2, -0.15) is 5.26 Å². The summed E-state index contributed by atoms with van der Waals surface area (Å²) in [7, 11) is 0. The van der Waals surface area contributed by atoms with Crippen molar-refractivity contribution < 1.29 is 4.74 Å². The monoisotopic (exact) mass is 246 g/mol. The van der Waals surface area contributed by atoms with E-state index in [1.54, 1.807) is 0 Å². The van der Waals surface area contributed by atoms with Crippen molar-refractivity contribution in [2.24, 2.45) is 0 Å². The highest BCUT2D eigenvalue weighted by molar-refractivity contribution is 6.36. The number of nitriles is 1. The van der Waals surface area contributed by atoms with Crippen LogP contribution in [0, 0.1) is 11.3 Å². The Balaban J connectivity index is 2.51. The molecular weight excluding hydrogens is 236 g/mol. The van der Waals surface area contributed by atoms with Gasteiger partial charge in [-0.15, -0.1) is 0 Å². The standard InChI is InChI=1S/C13H11ClN2O/c1-2-5-17-10-3-4-12-11(6-10)13(14)9(7-15)8-16-12/h3-4,6,8H,2,5H2,1H3. The number of hydrogen-bond acceptors (Lipinski definition) is 3. The van der Waals surface area contributed by atoms with Gasteiger partial charge in [0.25, 0.3) is 0 Å². The molecule has 0 aliphatic heterocycles. The molecule has 2 aromatic rings. The SMILES string of the molecule is CCCOc1ccc2ncc(C#N)c(Cl)c2c1.